The van der Waals surface area contributed by atoms with Crippen LogP contribution < -0.4 is 36.6 Å². The van der Waals surface area contributed by atoms with Gasteiger partial charge in [-0.05, 0) is 94.4 Å². The average molecular weight is 765 g/mol. The molecule has 0 bridgehead atoms. The summed E-state index contributed by atoms with van der Waals surface area (Å²) in [7, 11) is 1.60. The van der Waals surface area contributed by atoms with Crippen LogP contribution in [0.15, 0.2) is 96.4 Å². The highest BCUT2D eigenvalue weighted by molar-refractivity contribution is 7.80. The van der Waals surface area contributed by atoms with Crippen molar-refractivity contribution in [2.24, 2.45) is 0 Å². The second-order valence-electron chi connectivity index (χ2n) is 11.5. The molecule has 14 heteroatoms. The van der Waals surface area contributed by atoms with Crippen LogP contribution in [0.3, 0.4) is 0 Å². The molecule has 272 valence electrons. The molecule has 4 aromatic carbocycles. The number of anilines is 1. The van der Waals surface area contributed by atoms with Crippen LogP contribution in [-0.4, -0.2) is 60.9 Å². The predicted molar refractivity (Wildman–Crippen MR) is 220 cm³/mol. The number of hydrogen-bond donors (Lipinski definition) is 6. The van der Waals surface area contributed by atoms with E-state index < -0.39 is 12.1 Å². The molecule has 53 heavy (non-hydrogen) atoms. The summed E-state index contributed by atoms with van der Waals surface area (Å²) in [5.74, 6) is 0.218. The van der Waals surface area contributed by atoms with Crippen molar-refractivity contribution in [1.82, 2.24) is 26.6 Å². The lowest BCUT2D eigenvalue weighted by molar-refractivity contribution is -0.123. The summed E-state index contributed by atoms with van der Waals surface area (Å²) in [5.41, 5.74) is 2.86. The number of methoxy groups -OCH3 is 1. The summed E-state index contributed by atoms with van der Waals surface area (Å²) >= 11 is 12.2. The number of benzene rings is 4. The molecule has 0 radical (unpaired) electrons. The molecule has 6 N–H and O–H groups in total. The molecule has 1 aromatic heterocycles. The quantitative estimate of drug-likeness (QED) is 0.0680. The summed E-state index contributed by atoms with van der Waals surface area (Å²) in [6.07, 6.45) is 0.930. The third kappa shape index (κ3) is 12.4. The highest BCUT2D eigenvalue weighted by atomic mass is 32.1. The fourth-order valence-electron chi connectivity index (χ4n) is 5.30. The minimum atomic E-state index is -0.627. The molecule has 5 aromatic rings. The Balaban J connectivity index is 0.000000245. The summed E-state index contributed by atoms with van der Waals surface area (Å²) in [5, 5.41) is 41.0. The second-order valence-corrected chi connectivity index (χ2v) is 13.3. The first-order valence-electron chi connectivity index (χ1n) is 16.7. The van der Waals surface area contributed by atoms with Gasteiger partial charge in [0, 0.05) is 29.8 Å². The van der Waals surface area contributed by atoms with Crippen molar-refractivity contribution in [3.05, 3.63) is 108 Å². The molecule has 2 amide bonds. The number of amides is 2. The number of fused-ring (bicyclic) bond motifs is 2. The number of carbonyl (C=O) groups excluding carboxylic acids is 2. The lowest BCUT2D eigenvalue weighted by Crippen LogP contribution is -2.51. The van der Waals surface area contributed by atoms with E-state index in [1.165, 1.54) is 4.70 Å². The van der Waals surface area contributed by atoms with E-state index in [1.54, 1.807) is 18.4 Å². The van der Waals surface area contributed by atoms with Crippen LogP contribution in [-0.2, 0) is 22.4 Å². The van der Waals surface area contributed by atoms with Crippen molar-refractivity contribution in [1.29, 1.82) is 10.5 Å². The predicted octanol–water partition coefficient (Wildman–Crippen LogP) is 5.32. The van der Waals surface area contributed by atoms with Crippen molar-refractivity contribution in [2.45, 2.75) is 31.8 Å². The fraction of sp³-hybridized carbons (Fsp3) is 0.231. The molecule has 11 nitrogen and oxygen atoms in total. The maximum Gasteiger partial charge on any atom is 0.243 e. The number of carbonyl (C=O) groups is 2. The third-order valence-corrected chi connectivity index (χ3v) is 9.35. The van der Waals surface area contributed by atoms with Crippen LogP contribution >= 0.6 is 35.8 Å². The van der Waals surface area contributed by atoms with Gasteiger partial charge >= 0.3 is 0 Å². The summed E-state index contributed by atoms with van der Waals surface area (Å²) < 4.78 is 6.34. The maximum atomic E-state index is 12.6. The molecular formula is C39H40N8O3S3. The van der Waals surface area contributed by atoms with E-state index in [9.17, 15) is 9.59 Å². The van der Waals surface area contributed by atoms with Gasteiger partial charge in [0.25, 0.3) is 0 Å². The van der Waals surface area contributed by atoms with E-state index in [0.29, 0.717) is 29.6 Å². The Bertz CT molecular complexity index is 2110. The lowest BCUT2D eigenvalue weighted by atomic mass is 10.0. The SMILES string of the molecule is CCNC(=S)NC(Cc1csc2ccccc12)C(=O)NCC#N.COc1ccc(NC(=S)NC(Cc2ccc3ccccc3c2)C(=O)NCC#N)cc1. The van der Waals surface area contributed by atoms with Gasteiger partial charge in [-0.25, -0.2) is 0 Å². The molecule has 5 rings (SSSR count). The van der Waals surface area contributed by atoms with Crippen LogP contribution in [0.25, 0.3) is 20.9 Å². The largest absolute Gasteiger partial charge is 0.497 e. The Labute approximate surface area is 323 Å². The number of hydrogen-bond acceptors (Lipinski definition) is 8. The van der Waals surface area contributed by atoms with Gasteiger partial charge in [0.05, 0.1) is 19.2 Å². The number of nitrogens with one attached hydrogen (secondary N) is 6. The topological polar surface area (TPSA) is 163 Å². The van der Waals surface area contributed by atoms with E-state index in [-0.39, 0.29) is 24.9 Å². The fourth-order valence-corrected chi connectivity index (χ4v) is 6.82. The zero-order valence-electron chi connectivity index (χ0n) is 29.3. The smallest absolute Gasteiger partial charge is 0.243 e. The van der Waals surface area contributed by atoms with Crippen molar-refractivity contribution >= 4 is 84.4 Å². The molecule has 0 aliphatic heterocycles. The summed E-state index contributed by atoms with van der Waals surface area (Å²) in [6, 6.07) is 32.2. The van der Waals surface area contributed by atoms with E-state index in [0.717, 1.165) is 38.7 Å². The molecular weight excluding hydrogens is 725 g/mol. The van der Waals surface area contributed by atoms with Gasteiger partial charge in [0.2, 0.25) is 11.8 Å². The van der Waals surface area contributed by atoms with Crippen molar-refractivity contribution in [3.63, 3.8) is 0 Å². The molecule has 0 aliphatic rings. The van der Waals surface area contributed by atoms with Gasteiger partial charge in [0.15, 0.2) is 10.2 Å². The Morgan fingerprint density at radius 2 is 1.40 bits per heavy atom. The minimum Gasteiger partial charge on any atom is -0.497 e. The molecule has 2 atom stereocenters. The number of nitriles is 2. The van der Waals surface area contributed by atoms with Gasteiger partial charge in [0.1, 0.15) is 30.9 Å². The first-order chi connectivity index (χ1) is 25.7. The van der Waals surface area contributed by atoms with Crippen molar-refractivity contribution in [2.75, 3.05) is 32.1 Å². The van der Waals surface area contributed by atoms with Crippen LogP contribution in [0.1, 0.15) is 18.1 Å². The average Bonchev–Trinajstić information content (AvgIpc) is 3.58. The highest BCUT2D eigenvalue weighted by Crippen LogP contribution is 2.26. The first-order valence-corrected chi connectivity index (χ1v) is 18.4. The summed E-state index contributed by atoms with van der Waals surface area (Å²) in [6.45, 7) is 2.54. The van der Waals surface area contributed by atoms with Crippen molar-refractivity contribution in [3.8, 4) is 17.9 Å². The molecule has 2 unspecified atom stereocenters. The molecule has 1 heterocycles. The van der Waals surface area contributed by atoms with Crippen LogP contribution in [0.5, 0.6) is 5.75 Å². The Morgan fingerprint density at radius 1 is 0.774 bits per heavy atom. The standard InChI is InChI=1S/C23H22N4O2S.C16H18N4OS2/c1-29-20-10-8-19(9-11-20)26-23(30)27-21(22(28)25-13-12-24)15-16-6-7-17-4-2-3-5-18(17)14-16;1-2-18-16(22)20-13(15(21)19-8-7-17)9-11-10-23-14-6-4-3-5-12(11)14/h2-11,14,21H,13,15H2,1H3,(H,25,28)(H2,26,27,30);3-6,10,13H,2,8-9H2,1H3,(H,19,21)(H2,18,20,22). The zero-order valence-corrected chi connectivity index (χ0v) is 31.7. The van der Waals surface area contributed by atoms with Gasteiger partial charge in [-0.1, -0.05) is 60.7 Å². The van der Waals surface area contributed by atoms with Crippen molar-refractivity contribution < 1.29 is 14.3 Å². The number of nitrogens with zero attached hydrogens (tertiary/aromatic N) is 2. The number of thiophene rings is 1. The van der Waals surface area contributed by atoms with Gasteiger partial charge in [-0.15, -0.1) is 11.3 Å². The normalized spacial score (nSPS) is 11.3. The van der Waals surface area contributed by atoms with E-state index in [1.807, 2.05) is 97.9 Å². The minimum absolute atomic E-state index is 0.0185. The third-order valence-electron chi connectivity index (χ3n) is 7.85. The maximum absolute atomic E-state index is 12.6. The van der Waals surface area contributed by atoms with E-state index in [2.05, 4.69) is 49.4 Å². The van der Waals surface area contributed by atoms with Crippen LogP contribution in [0.4, 0.5) is 5.69 Å². The highest BCUT2D eigenvalue weighted by Gasteiger charge is 2.22. The molecule has 0 fully saturated rings. The van der Waals surface area contributed by atoms with Crippen LogP contribution in [0.2, 0.25) is 0 Å². The monoisotopic (exact) mass is 764 g/mol. The van der Waals surface area contributed by atoms with Gasteiger partial charge < -0.3 is 36.6 Å². The second kappa shape index (κ2) is 20.9. The molecule has 0 saturated carbocycles. The zero-order chi connectivity index (χ0) is 38.0. The van der Waals surface area contributed by atoms with Crippen LogP contribution in [0, 0.1) is 22.7 Å². The molecule has 0 saturated heterocycles. The van der Waals surface area contributed by atoms with Gasteiger partial charge in [-0.3, -0.25) is 9.59 Å². The lowest BCUT2D eigenvalue weighted by Gasteiger charge is -2.20. The number of ether oxygens (including phenoxy) is 1. The number of thiocarbonyl (C=S) groups is 2. The molecule has 0 spiro atoms. The molecule has 0 aliphatic carbocycles. The first kappa shape index (κ1) is 40.0. The Hall–Kier alpha value is -5.80. The number of rotatable bonds is 13. The Kier molecular flexibility index (Phi) is 15.8. The summed E-state index contributed by atoms with van der Waals surface area (Å²) in [4.78, 5) is 24.9. The van der Waals surface area contributed by atoms with E-state index >= 15 is 0 Å². The Morgan fingerprint density at radius 3 is 2.06 bits per heavy atom. The van der Waals surface area contributed by atoms with E-state index in [4.69, 9.17) is 39.7 Å². The van der Waals surface area contributed by atoms with Gasteiger partial charge in [-0.2, -0.15) is 10.5 Å².